The lowest BCUT2D eigenvalue weighted by molar-refractivity contribution is -0.145. The van der Waals surface area contributed by atoms with Gasteiger partial charge in [-0.15, -0.1) is 0 Å². The van der Waals surface area contributed by atoms with Gasteiger partial charge in [0, 0.05) is 10.7 Å². The third-order valence-electron chi connectivity index (χ3n) is 2.43. The van der Waals surface area contributed by atoms with Crippen molar-refractivity contribution in [1.82, 2.24) is 5.32 Å². The molecule has 0 saturated heterocycles. The zero-order chi connectivity index (χ0) is 15.3. The summed E-state index contributed by atoms with van der Waals surface area (Å²) < 4.78 is 0. The highest BCUT2D eigenvalue weighted by Gasteiger charge is 2.23. The molecule has 0 radical (unpaired) electrons. The fourth-order valence-corrected chi connectivity index (χ4v) is 1.59. The van der Waals surface area contributed by atoms with E-state index in [4.69, 9.17) is 21.8 Å². The van der Waals surface area contributed by atoms with Gasteiger partial charge in [0.05, 0.1) is 6.42 Å². The lowest BCUT2D eigenvalue weighted by Crippen LogP contribution is -2.44. The van der Waals surface area contributed by atoms with Gasteiger partial charge in [0.1, 0.15) is 6.04 Å². The summed E-state index contributed by atoms with van der Waals surface area (Å²) in [5, 5.41) is 22.3. The Kier molecular flexibility index (Phi) is 5.33. The van der Waals surface area contributed by atoms with Crippen molar-refractivity contribution in [3.8, 4) is 0 Å². The van der Waals surface area contributed by atoms with Crippen molar-refractivity contribution in [1.29, 1.82) is 0 Å². The molecule has 0 saturated carbocycles. The molecule has 1 atom stereocenters. The minimum atomic E-state index is -1.51. The number of aryl methyl sites for hydroxylation is 1. The summed E-state index contributed by atoms with van der Waals surface area (Å²) in [5.41, 5.74) is 1.14. The third-order valence-corrected chi connectivity index (χ3v) is 2.67. The first kappa shape index (κ1) is 15.8. The molecule has 0 aromatic heterocycles. The van der Waals surface area contributed by atoms with Crippen LogP contribution >= 0.6 is 11.6 Å². The summed E-state index contributed by atoms with van der Waals surface area (Å²) in [6, 6.07) is 2.51. The van der Waals surface area contributed by atoms with Gasteiger partial charge in [-0.05, 0) is 24.6 Å². The van der Waals surface area contributed by atoms with Crippen molar-refractivity contribution in [2.45, 2.75) is 19.4 Å². The second kappa shape index (κ2) is 6.76. The number of halogens is 1. The van der Waals surface area contributed by atoms with Crippen molar-refractivity contribution in [3.63, 3.8) is 0 Å². The van der Waals surface area contributed by atoms with Crippen LogP contribution in [0.15, 0.2) is 18.2 Å². The molecule has 1 rings (SSSR count). The number of anilines is 1. The van der Waals surface area contributed by atoms with E-state index < -0.39 is 30.4 Å². The summed E-state index contributed by atoms with van der Waals surface area (Å²) in [6.07, 6.45) is -0.711. The third kappa shape index (κ3) is 4.77. The summed E-state index contributed by atoms with van der Waals surface area (Å²) in [6.45, 7) is 1.73. The van der Waals surface area contributed by atoms with Gasteiger partial charge in [0.25, 0.3) is 0 Å². The minimum absolute atomic E-state index is 0.409. The molecule has 0 heterocycles. The fourth-order valence-electron chi connectivity index (χ4n) is 1.42. The van der Waals surface area contributed by atoms with Gasteiger partial charge in [-0.3, -0.25) is 4.79 Å². The first-order chi connectivity index (χ1) is 9.29. The van der Waals surface area contributed by atoms with Crippen LogP contribution in [-0.4, -0.2) is 34.2 Å². The summed E-state index contributed by atoms with van der Waals surface area (Å²) in [7, 11) is 0. The molecule has 1 aromatic carbocycles. The molecule has 2 amide bonds. The normalized spacial score (nSPS) is 11.5. The molecule has 108 valence electrons. The number of amides is 2. The SMILES string of the molecule is Cc1ccc(Cl)cc1NC(=O)N[C@@H](CC(=O)O)C(=O)O. The van der Waals surface area contributed by atoms with Crippen molar-refractivity contribution < 1.29 is 24.6 Å². The van der Waals surface area contributed by atoms with E-state index in [9.17, 15) is 14.4 Å². The first-order valence-electron chi connectivity index (χ1n) is 5.58. The highest BCUT2D eigenvalue weighted by molar-refractivity contribution is 6.31. The molecule has 0 aliphatic carbocycles. The lowest BCUT2D eigenvalue weighted by Gasteiger charge is -2.14. The number of aliphatic carboxylic acids is 2. The van der Waals surface area contributed by atoms with Gasteiger partial charge < -0.3 is 20.8 Å². The number of carboxylic acids is 2. The molecule has 20 heavy (non-hydrogen) atoms. The molecule has 0 bridgehead atoms. The molecule has 4 N–H and O–H groups in total. The van der Waals surface area contributed by atoms with E-state index in [1.54, 1.807) is 19.1 Å². The van der Waals surface area contributed by atoms with Crippen LogP contribution in [0.1, 0.15) is 12.0 Å². The Labute approximate surface area is 119 Å². The van der Waals surface area contributed by atoms with Crippen molar-refractivity contribution in [2.75, 3.05) is 5.32 Å². The van der Waals surface area contributed by atoms with E-state index in [2.05, 4.69) is 10.6 Å². The van der Waals surface area contributed by atoms with Gasteiger partial charge in [0.2, 0.25) is 0 Å². The zero-order valence-electron chi connectivity index (χ0n) is 10.5. The van der Waals surface area contributed by atoms with E-state index in [0.717, 1.165) is 5.56 Å². The minimum Gasteiger partial charge on any atom is -0.481 e. The Morgan fingerprint density at radius 3 is 2.50 bits per heavy atom. The van der Waals surface area contributed by atoms with Crippen LogP contribution in [0.4, 0.5) is 10.5 Å². The highest BCUT2D eigenvalue weighted by atomic mass is 35.5. The molecule has 1 aromatic rings. The number of nitrogens with one attached hydrogen (secondary N) is 2. The van der Waals surface area contributed by atoms with Crippen LogP contribution in [0.5, 0.6) is 0 Å². The monoisotopic (exact) mass is 300 g/mol. The highest BCUT2D eigenvalue weighted by Crippen LogP contribution is 2.19. The fraction of sp³-hybridized carbons (Fsp3) is 0.250. The number of carbonyl (C=O) groups excluding carboxylic acids is 1. The second-order valence-electron chi connectivity index (χ2n) is 4.05. The van der Waals surface area contributed by atoms with E-state index in [1.165, 1.54) is 6.07 Å². The number of benzene rings is 1. The smallest absolute Gasteiger partial charge is 0.326 e. The number of rotatable bonds is 5. The molecule has 8 heteroatoms. The average Bonchev–Trinajstić information content (AvgIpc) is 2.32. The largest absolute Gasteiger partial charge is 0.481 e. The quantitative estimate of drug-likeness (QED) is 0.660. The van der Waals surface area contributed by atoms with Crippen molar-refractivity contribution in [2.24, 2.45) is 0 Å². The first-order valence-corrected chi connectivity index (χ1v) is 5.95. The standard InChI is InChI=1S/C12H13ClN2O5/c1-6-2-3-7(13)4-8(6)14-12(20)15-9(11(18)19)5-10(16)17/h2-4,9H,5H2,1H3,(H,16,17)(H,18,19)(H2,14,15,20)/t9-/m0/s1. The van der Waals surface area contributed by atoms with Gasteiger partial charge >= 0.3 is 18.0 Å². The maximum absolute atomic E-state index is 11.7. The molecule has 0 aliphatic heterocycles. The van der Waals surface area contributed by atoms with E-state index in [0.29, 0.717) is 10.7 Å². The Morgan fingerprint density at radius 1 is 1.30 bits per heavy atom. The molecule has 0 aliphatic rings. The van der Waals surface area contributed by atoms with Gasteiger partial charge in [-0.1, -0.05) is 17.7 Å². The maximum atomic E-state index is 11.7. The Bertz CT molecular complexity index is 547. The molecule has 7 nitrogen and oxygen atoms in total. The van der Waals surface area contributed by atoms with Gasteiger partial charge in [-0.2, -0.15) is 0 Å². The number of hydrogen-bond acceptors (Lipinski definition) is 3. The van der Waals surface area contributed by atoms with E-state index >= 15 is 0 Å². The van der Waals surface area contributed by atoms with Crippen molar-refractivity contribution in [3.05, 3.63) is 28.8 Å². The van der Waals surface area contributed by atoms with Crippen LogP contribution < -0.4 is 10.6 Å². The van der Waals surface area contributed by atoms with E-state index in [-0.39, 0.29) is 0 Å². The molecular weight excluding hydrogens is 288 g/mol. The van der Waals surface area contributed by atoms with Gasteiger partial charge in [-0.25, -0.2) is 9.59 Å². The van der Waals surface area contributed by atoms with Crippen LogP contribution in [0.25, 0.3) is 0 Å². The number of carboxylic acid groups (broad SMARTS) is 2. The molecular formula is C12H13ClN2O5. The summed E-state index contributed by atoms with van der Waals surface area (Å²) in [5.74, 6) is -2.75. The van der Waals surface area contributed by atoms with Crippen LogP contribution in [-0.2, 0) is 9.59 Å². The molecule has 0 spiro atoms. The van der Waals surface area contributed by atoms with Crippen LogP contribution in [0, 0.1) is 6.92 Å². The number of hydrogen-bond donors (Lipinski definition) is 4. The Hall–Kier alpha value is -2.28. The average molecular weight is 301 g/mol. The van der Waals surface area contributed by atoms with Crippen molar-refractivity contribution >= 4 is 35.3 Å². The molecule has 0 unspecified atom stereocenters. The lowest BCUT2D eigenvalue weighted by atomic mass is 10.2. The zero-order valence-corrected chi connectivity index (χ0v) is 11.3. The van der Waals surface area contributed by atoms with Gasteiger partial charge in [0.15, 0.2) is 0 Å². The van der Waals surface area contributed by atoms with Crippen LogP contribution in [0.2, 0.25) is 5.02 Å². The predicted molar refractivity (Wildman–Crippen MR) is 72.0 cm³/mol. The number of urea groups is 1. The number of carbonyl (C=O) groups is 3. The van der Waals surface area contributed by atoms with Crippen LogP contribution in [0.3, 0.4) is 0 Å². The second-order valence-corrected chi connectivity index (χ2v) is 4.48. The maximum Gasteiger partial charge on any atom is 0.326 e. The Balaban J connectivity index is 2.72. The molecule has 0 fully saturated rings. The summed E-state index contributed by atoms with van der Waals surface area (Å²) >= 11 is 5.78. The topological polar surface area (TPSA) is 116 Å². The Morgan fingerprint density at radius 2 is 1.95 bits per heavy atom. The summed E-state index contributed by atoms with van der Waals surface area (Å²) in [4.78, 5) is 33.0. The predicted octanol–water partition coefficient (Wildman–Crippen LogP) is 1.70. The van der Waals surface area contributed by atoms with E-state index in [1.807, 2.05) is 0 Å².